The summed E-state index contributed by atoms with van der Waals surface area (Å²) in [6, 6.07) is 10.9. The van der Waals surface area contributed by atoms with Crippen molar-refractivity contribution in [2.45, 2.75) is 12.0 Å². The van der Waals surface area contributed by atoms with Gasteiger partial charge in [-0.2, -0.15) is 5.26 Å². The minimum atomic E-state index is -0.972. The number of β-amino-alcohol motifs (C(OH)–C–C–N with tert-alkyl or cyclic N) is 1. The molecule has 1 aromatic heterocycles. The maximum Gasteiger partial charge on any atom is 0.112 e. The minimum Gasteiger partial charge on any atom is -0.383 e. The Bertz CT molecular complexity index is 820. The van der Waals surface area contributed by atoms with Gasteiger partial charge >= 0.3 is 0 Å². The number of pyridine rings is 1. The van der Waals surface area contributed by atoms with Crippen LogP contribution in [-0.4, -0.2) is 23.2 Å². The number of benzene rings is 1. The van der Waals surface area contributed by atoms with Gasteiger partial charge < -0.3 is 10.0 Å². The summed E-state index contributed by atoms with van der Waals surface area (Å²) >= 11 is 6.09. The number of hydrogen-bond donors (Lipinski definition) is 1. The van der Waals surface area contributed by atoms with Gasteiger partial charge in [-0.05, 0) is 30.7 Å². The highest BCUT2D eigenvalue weighted by Crippen LogP contribution is 2.35. The Morgan fingerprint density at radius 3 is 2.78 bits per heavy atom. The van der Waals surface area contributed by atoms with Gasteiger partial charge in [0.1, 0.15) is 17.4 Å². The monoisotopic (exact) mass is 323 g/mol. The molecule has 2 heterocycles. The molecule has 1 saturated heterocycles. The van der Waals surface area contributed by atoms with E-state index < -0.39 is 5.60 Å². The fourth-order valence-electron chi connectivity index (χ4n) is 2.80. The Kier molecular flexibility index (Phi) is 3.96. The molecule has 0 saturated carbocycles. The first-order valence-electron chi connectivity index (χ1n) is 7.16. The summed E-state index contributed by atoms with van der Waals surface area (Å²) in [5.41, 5.74) is 1.66. The fourth-order valence-corrected chi connectivity index (χ4v) is 3.01. The van der Waals surface area contributed by atoms with Crippen LogP contribution < -0.4 is 4.90 Å². The Labute approximate surface area is 140 Å². The molecule has 3 rings (SSSR count). The van der Waals surface area contributed by atoms with E-state index in [2.05, 4.69) is 10.9 Å². The average Bonchev–Trinajstić information content (AvgIpc) is 2.98. The van der Waals surface area contributed by atoms with Gasteiger partial charge in [-0.15, -0.1) is 6.42 Å². The Balaban J connectivity index is 1.83. The third-order valence-corrected chi connectivity index (χ3v) is 4.45. The van der Waals surface area contributed by atoms with Crippen LogP contribution in [0.5, 0.6) is 0 Å². The van der Waals surface area contributed by atoms with Gasteiger partial charge in [-0.1, -0.05) is 23.6 Å². The van der Waals surface area contributed by atoms with E-state index in [1.54, 1.807) is 24.4 Å². The van der Waals surface area contributed by atoms with E-state index in [9.17, 15) is 5.11 Å². The first kappa shape index (κ1) is 15.4. The van der Waals surface area contributed by atoms with Crippen molar-refractivity contribution in [1.82, 2.24) is 4.98 Å². The summed E-state index contributed by atoms with van der Waals surface area (Å²) in [5, 5.41) is 20.3. The van der Waals surface area contributed by atoms with Gasteiger partial charge in [0.2, 0.25) is 0 Å². The van der Waals surface area contributed by atoms with Crippen LogP contribution in [0.25, 0.3) is 0 Å². The highest BCUT2D eigenvalue weighted by atomic mass is 35.5. The number of hydrogen-bond acceptors (Lipinski definition) is 4. The van der Waals surface area contributed by atoms with Crippen molar-refractivity contribution in [1.29, 1.82) is 5.26 Å². The topological polar surface area (TPSA) is 60.1 Å². The van der Waals surface area contributed by atoms with Crippen molar-refractivity contribution in [3.63, 3.8) is 0 Å². The third kappa shape index (κ3) is 2.87. The zero-order chi connectivity index (χ0) is 16.4. The molecule has 1 aliphatic rings. The number of aromatic nitrogens is 1. The number of nitrogens with zero attached hydrogens (tertiary/aromatic N) is 3. The Morgan fingerprint density at radius 1 is 1.35 bits per heavy atom. The van der Waals surface area contributed by atoms with Crippen molar-refractivity contribution in [3.05, 3.63) is 58.4 Å². The molecule has 114 valence electrons. The molecular formula is C18H14ClN3O. The van der Waals surface area contributed by atoms with Crippen LogP contribution in [0.2, 0.25) is 5.02 Å². The van der Waals surface area contributed by atoms with E-state index in [1.165, 1.54) is 0 Å². The molecule has 1 N–H and O–H groups in total. The number of anilines is 1. The second kappa shape index (κ2) is 5.93. The van der Waals surface area contributed by atoms with Crippen molar-refractivity contribution in [3.8, 4) is 18.4 Å². The zero-order valence-electron chi connectivity index (χ0n) is 12.3. The zero-order valence-corrected chi connectivity index (χ0v) is 13.1. The van der Waals surface area contributed by atoms with Crippen LogP contribution in [0.3, 0.4) is 0 Å². The molecule has 1 fully saturated rings. The van der Waals surface area contributed by atoms with E-state index in [4.69, 9.17) is 23.3 Å². The van der Waals surface area contributed by atoms with Gasteiger partial charge in [0.05, 0.1) is 17.1 Å². The molecule has 2 aromatic rings. The van der Waals surface area contributed by atoms with Crippen LogP contribution in [-0.2, 0) is 5.60 Å². The molecule has 1 unspecified atom stereocenters. The van der Waals surface area contributed by atoms with E-state index in [1.807, 2.05) is 23.1 Å². The SMILES string of the molecule is C#Cc1ccc(C2(O)CCN(c3ccc(C#N)c(Cl)c3)C2)cn1. The lowest BCUT2D eigenvalue weighted by molar-refractivity contribution is 0.0603. The van der Waals surface area contributed by atoms with Gasteiger partial charge in [-0.3, -0.25) is 0 Å². The highest BCUT2D eigenvalue weighted by molar-refractivity contribution is 6.32. The van der Waals surface area contributed by atoms with E-state index in [0.29, 0.717) is 35.8 Å². The molecule has 1 atom stereocenters. The first-order chi connectivity index (χ1) is 11.1. The molecular weight excluding hydrogens is 310 g/mol. The van der Waals surface area contributed by atoms with Crippen LogP contribution >= 0.6 is 11.6 Å². The lowest BCUT2D eigenvalue weighted by atomic mass is 9.94. The molecule has 23 heavy (non-hydrogen) atoms. The normalized spacial score (nSPS) is 20.1. The molecule has 4 nitrogen and oxygen atoms in total. The second-order valence-corrected chi connectivity index (χ2v) is 5.96. The lowest BCUT2D eigenvalue weighted by Gasteiger charge is -2.24. The largest absolute Gasteiger partial charge is 0.383 e. The fraction of sp³-hybridized carbons (Fsp3) is 0.222. The summed E-state index contributed by atoms with van der Waals surface area (Å²) in [6.07, 6.45) is 7.52. The molecule has 0 aliphatic carbocycles. The maximum absolute atomic E-state index is 10.9. The van der Waals surface area contributed by atoms with Crippen LogP contribution in [0.1, 0.15) is 23.2 Å². The number of halogens is 1. The van der Waals surface area contributed by atoms with Crippen LogP contribution in [0.15, 0.2) is 36.5 Å². The van der Waals surface area contributed by atoms with E-state index in [0.717, 1.165) is 11.3 Å². The predicted octanol–water partition coefficient (Wildman–Crippen LogP) is 2.69. The highest BCUT2D eigenvalue weighted by Gasteiger charge is 2.38. The summed E-state index contributed by atoms with van der Waals surface area (Å²) in [7, 11) is 0. The van der Waals surface area contributed by atoms with E-state index >= 15 is 0 Å². The second-order valence-electron chi connectivity index (χ2n) is 5.56. The van der Waals surface area contributed by atoms with E-state index in [-0.39, 0.29) is 0 Å². The predicted molar refractivity (Wildman–Crippen MR) is 89.1 cm³/mol. The van der Waals surface area contributed by atoms with Crippen molar-refractivity contribution in [2.24, 2.45) is 0 Å². The number of nitriles is 1. The van der Waals surface area contributed by atoms with Crippen LogP contribution in [0.4, 0.5) is 5.69 Å². The summed E-state index contributed by atoms with van der Waals surface area (Å²) in [6.45, 7) is 1.13. The molecule has 5 heteroatoms. The molecule has 1 aromatic carbocycles. The van der Waals surface area contributed by atoms with Crippen molar-refractivity contribution < 1.29 is 5.11 Å². The van der Waals surface area contributed by atoms with Gasteiger partial charge in [0.15, 0.2) is 0 Å². The third-order valence-electron chi connectivity index (χ3n) is 4.13. The standard InChI is InChI=1S/C18H14ClN3O/c1-2-15-5-4-14(11-21-15)18(23)7-8-22(12-18)16-6-3-13(10-20)17(19)9-16/h1,3-6,9,11,23H,7-8,12H2. The average molecular weight is 324 g/mol. The molecule has 1 aliphatic heterocycles. The summed E-state index contributed by atoms with van der Waals surface area (Å²) < 4.78 is 0. The molecule has 0 spiro atoms. The van der Waals surface area contributed by atoms with Crippen LogP contribution in [0, 0.1) is 23.7 Å². The maximum atomic E-state index is 10.9. The number of rotatable bonds is 2. The first-order valence-corrected chi connectivity index (χ1v) is 7.54. The Morgan fingerprint density at radius 2 is 2.17 bits per heavy atom. The Hall–Kier alpha value is -2.53. The molecule has 0 bridgehead atoms. The van der Waals surface area contributed by atoms with Gasteiger partial charge in [-0.25, -0.2) is 4.98 Å². The van der Waals surface area contributed by atoms with Crippen molar-refractivity contribution in [2.75, 3.05) is 18.0 Å². The summed E-state index contributed by atoms with van der Waals surface area (Å²) in [4.78, 5) is 6.19. The summed E-state index contributed by atoms with van der Waals surface area (Å²) in [5.74, 6) is 2.46. The molecule has 0 amide bonds. The molecule has 0 radical (unpaired) electrons. The quantitative estimate of drug-likeness (QED) is 0.863. The minimum absolute atomic E-state index is 0.417. The van der Waals surface area contributed by atoms with Crippen molar-refractivity contribution >= 4 is 17.3 Å². The van der Waals surface area contributed by atoms with Gasteiger partial charge in [0, 0.05) is 24.0 Å². The number of aliphatic hydroxyl groups is 1. The lowest BCUT2D eigenvalue weighted by Crippen LogP contribution is -2.30. The number of terminal acetylenes is 1. The smallest absolute Gasteiger partial charge is 0.112 e. The van der Waals surface area contributed by atoms with Gasteiger partial charge in [0.25, 0.3) is 0 Å².